The number of hydrogen-bond acceptors (Lipinski definition) is 6. The highest BCUT2D eigenvalue weighted by atomic mass is 28.3. The summed E-state index contributed by atoms with van der Waals surface area (Å²) in [6, 6.07) is 16.7. The molecular formula is C16H6N4O2Si. The van der Waals surface area contributed by atoms with E-state index in [0.29, 0.717) is 11.5 Å². The van der Waals surface area contributed by atoms with Gasteiger partial charge in [0, 0.05) is 0 Å². The molecule has 6 nitrogen and oxygen atoms in total. The molecule has 0 aliphatic rings. The van der Waals surface area contributed by atoms with Crippen molar-refractivity contribution in [3.05, 3.63) is 58.7 Å². The Morgan fingerprint density at radius 3 is 1.35 bits per heavy atom. The van der Waals surface area contributed by atoms with Gasteiger partial charge in [0.15, 0.2) is 0 Å². The normalized spacial score (nSPS) is 8.87. The fourth-order valence-corrected chi connectivity index (χ4v) is 2.16. The summed E-state index contributed by atoms with van der Waals surface area (Å²) in [5.41, 5.74) is 0.990. The molecule has 0 saturated heterocycles. The minimum Gasteiger partial charge on any atom is -0.508 e. The van der Waals surface area contributed by atoms with Gasteiger partial charge in [0.1, 0.15) is 35.8 Å². The summed E-state index contributed by atoms with van der Waals surface area (Å²) in [5, 5.41) is 35.6. The summed E-state index contributed by atoms with van der Waals surface area (Å²) in [7, 11) is -0.407. The Balaban J connectivity index is 2.04. The highest BCUT2D eigenvalue weighted by molar-refractivity contribution is 6.20. The molecule has 0 amide bonds. The average molecular weight is 314 g/mol. The third kappa shape index (κ3) is 3.65. The molecule has 0 heterocycles. The molecule has 0 aromatic heterocycles. The third-order valence-electron chi connectivity index (χ3n) is 2.78. The lowest BCUT2D eigenvalue weighted by Gasteiger charge is -2.07. The second-order valence-corrected chi connectivity index (χ2v) is 4.72. The van der Waals surface area contributed by atoms with E-state index in [1.54, 1.807) is 12.1 Å². The molecule has 2 aromatic rings. The molecule has 2 aromatic carbocycles. The standard InChI is InChI=1S/C16H6N4O2Si/c17-7-11-1-3-15(5-13(11)9-19)21-23-22-16-4-2-12(8-18)14(6-16)10-20/h1-6H. The largest absolute Gasteiger partial charge is 0.610 e. The number of rotatable bonds is 4. The van der Waals surface area contributed by atoms with Crippen LogP contribution in [0.3, 0.4) is 0 Å². The number of nitriles is 4. The Bertz CT molecular complexity index is 838. The predicted molar refractivity (Wildman–Crippen MR) is 78.8 cm³/mol. The van der Waals surface area contributed by atoms with Gasteiger partial charge >= 0.3 is 10.0 Å². The van der Waals surface area contributed by atoms with Gasteiger partial charge in [-0.1, -0.05) is 0 Å². The van der Waals surface area contributed by atoms with Gasteiger partial charge < -0.3 is 8.85 Å². The summed E-state index contributed by atoms with van der Waals surface area (Å²) in [5.74, 6) is 0.793. The Morgan fingerprint density at radius 2 is 1.00 bits per heavy atom. The minimum atomic E-state index is -0.407. The molecule has 2 radical (unpaired) electrons. The molecule has 0 unspecified atom stereocenters. The van der Waals surface area contributed by atoms with Crippen LogP contribution in [0.1, 0.15) is 22.3 Å². The topological polar surface area (TPSA) is 114 Å². The van der Waals surface area contributed by atoms with Gasteiger partial charge in [-0.25, -0.2) is 0 Å². The van der Waals surface area contributed by atoms with Gasteiger partial charge in [-0.05, 0) is 36.4 Å². The fraction of sp³-hybridized carbons (Fsp3) is 0. The van der Waals surface area contributed by atoms with Crippen LogP contribution in [0.4, 0.5) is 0 Å². The predicted octanol–water partition coefficient (Wildman–Crippen LogP) is 2.17. The first-order valence-corrected chi connectivity index (χ1v) is 7.00. The third-order valence-corrected chi connectivity index (χ3v) is 3.42. The molecule has 0 aliphatic carbocycles. The van der Waals surface area contributed by atoms with Crippen LogP contribution in [0, 0.1) is 45.3 Å². The number of benzene rings is 2. The quantitative estimate of drug-likeness (QED) is 0.799. The molecule has 0 saturated carbocycles. The van der Waals surface area contributed by atoms with E-state index in [4.69, 9.17) is 29.9 Å². The van der Waals surface area contributed by atoms with E-state index in [9.17, 15) is 0 Å². The molecular weight excluding hydrogens is 308 g/mol. The first-order valence-electron chi connectivity index (χ1n) is 6.19. The fourth-order valence-electron chi connectivity index (χ4n) is 1.67. The molecule has 0 bridgehead atoms. The van der Waals surface area contributed by atoms with Crippen LogP contribution in [-0.4, -0.2) is 10.0 Å². The van der Waals surface area contributed by atoms with Crippen molar-refractivity contribution in [3.8, 4) is 35.8 Å². The van der Waals surface area contributed by atoms with Crippen molar-refractivity contribution in [1.29, 1.82) is 21.0 Å². The van der Waals surface area contributed by atoms with E-state index in [1.165, 1.54) is 24.3 Å². The molecule has 7 heteroatoms. The van der Waals surface area contributed by atoms with E-state index < -0.39 is 10.0 Å². The van der Waals surface area contributed by atoms with Gasteiger partial charge in [0.2, 0.25) is 0 Å². The van der Waals surface area contributed by atoms with E-state index in [-0.39, 0.29) is 22.3 Å². The van der Waals surface area contributed by atoms with Crippen molar-refractivity contribution in [3.63, 3.8) is 0 Å². The van der Waals surface area contributed by atoms with E-state index in [1.807, 2.05) is 24.3 Å². The highest BCUT2D eigenvalue weighted by Gasteiger charge is 2.08. The monoisotopic (exact) mass is 314 g/mol. The van der Waals surface area contributed by atoms with Crippen LogP contribution < -0.4 is 8.85 Å². The maximum absolute atomic E-state index is 8.94. The maximum Gasteiger partial charge on any atom is 0.610 e. The van der Waals surface area contributed by atoms with Crippen LogP contribution in [0.15, 0.2) is 36.4 Å². The van der Waals surface area contributed by atoms with Crippen molar-refractivity contribution in [1.82, 2.24) is 0 Å². The van der Waals surface area contributed by atoms with Gasteiger partial charge in [0.05, 0.1) is 22.3 Å². The SMILES string of the molecule is N#Cc1ccc(O[Si]Oc2ccc(C#N)c(C#N)c2)cc1C#N. The zero-order valence-electron chi connectivity index (χ0n) is 11.6. The summed E-state index contributed by atoms with van der Waals surface area (Å²) in [6.45, 7) is 0. The molecule has 2 rings (SSSR count). The van der Waals surface area contributed by atoms with E-state index >= 15 is 0 Å². The zero-order valence-corrected chi connectivity index (χ0v) is 12.6. The second-order valence-electron chi connectivity index (χ2n) is 4.15. The van der Waals surface area contributed by atoms with E-state index in [2.05, 4.69) is 0 Å². The Morgan fingerprint density at radius 1 is 0.609 bits per heavy atom. The average Bonchev–Trinajstić information content (AvgIpc) is 2.61. The maximum atomic E-state index is 8.94. The van der Waals surface area contributed by atoms with Crippen molar-refractivity contribution >= 4 is 10.0 Å². The van der Waals surface area contributed by atoms with Crippen LogP contribution in [-0.2, 0) is 0 Å². The zero-order chi connectivity index (χ0) is 16.7. The van der Waals surface area contributed by atoms with Crippen LogP contribution in [0.2, 0.25) is 0 Å². The lowest BCUT2D eigenvalue weighted by atomic mass is 10.1. The van der Waals surface area contributed by atoms with Crippen molar-refractivity contribution in [2.45, 2.75) is 0 Å². The highest BCUT2D eigenvalue weighted by Crippen LogP contribution is 2.18. The molecule has 0 fully saturated rings. The molecule has 0 N–H and O–H groups in total. The number of nitrogens with zero attached hydrogens (tertiary/aromatic N) is 4. The van der Waals surface area contributed by atoms with Gasteiger partial charge in [-0.2, -0.15) is 21.0 Å². The van der Waals surface area contributed by atoms with Crippen LogP contribution in [0.25, 0.3) is 0 Å². The summed E-state index contributed by atoms with van der Waals surface area (Å²) >= 11 is 0. The first-order chi connectivity index (χ1) is 11.2. The van der Waals surface area contributed by atoms with Crippen molar-refractivity contribution in [2.75, 3.05) is 0 Å². The van der Waals surface area contributed by atoms with Gasteiger partial charge in [-0.15, -0.1) is 0 Å². The van der Waals surface area contributed by atoms with Gasteiger partial charge in [0.25, 0.3) is 0 Å². The second kappa shape index (κ2) is 7.29. The van der Waals surface area contributed by atoms with E-state index in [0.717, 1.165) is 0 Å². The minimum absolute atomic E-state index is 0.222. The first kappa shape index (κ1) is 15.6. The summed E-state index contributed by atoms with van der Waals surface area (Å²) in [4.78, 5) is 0. The molecule has 106 valence electrons. The molecule has 0 spiro atoms. The van der Waals surface area contributed by atoms with Crippen molar-refractivity contribution < 1.29 is 8.85 Å². The smallest absolute Gasteiger partial charge is 0.508 e. The van der Waals surface area contributed by atoms with Gasteiger partial charge in [-0.3, -0.25) is 0 Å². The Kier molecular flexibility index (Phi) is 4.95. The molecule has 0 aliphatic heterocycles. The summed E-state index contributed by atoms with van der Waals surface area (Å²) < 4.78 is 10.8. The van der Waals surface area contributed by atoms with Crippen LogP contribution in [0.5, 0.6) is 11.5 Å². The number of hydrogen-bond donors (Lipinski definition) is 0. The van der Waals surface area contributed by atoms with Crippen LogP contribution >= 0.6 is 0 Å². The Labute approximate surface area is 135 Å². The summed E-state index contributed by atoms with van der Waals surface area (Å²) in [6.07, 6.45) is 0. The van der Waals surface area contributed by atoms with Crippen molar-refractivity contribution in [2.24, 2.45) is 0 Å². The molecule has 0 atom stereocenters. The lowest BCUT2D eigenvalue weighted by Crippen LogP contribution is -2.11. The molecule has 23 heavy (non-hydrogen) atoms. The lowest BCUT2D eigenvalue weighted by molar-refractivity contribution is 0.459. The Hall–Kier alpha value is -3.78.